The van der Waals surface area contributed by atoms with E-state index < -0.39 is 0 Å². The molecule has 2 rings (SSSR count). The van der Waals surface area contributed by atoms with Gasteiger partial charge >= 0.3 is 0 Å². The normalized spacial score (nSPS) is 8.15. The second-order valence-electron chi connectivity index (χ2n) is 2.60. The Morgan fingerprint density at radius 1 is 0.846 bits per heavy atom. The van der Waals surface area contributed by atoms with E-state index in [0.29, 0.717) is 0 Å². The fourth-order valence-corrected chi connectivity index (χ4v) is 2.00. The van der Waals surface area contributed by atoms with Crippen LogP contribution in [0.3, 0.4) is 0 Å². The Labute approximate surface area is 87.0 Å². The first kappa shape index (κ1) is 12.4. The van der Waals surface area contributed by atoms with Gasteiger partial charge in [0, 0.05) is 0 Å². The second kappa shape index (κ2) is 6.83. The van der Waals surface area contributed by atoms with Crippen molar-refractivity contribution >= 4 is 22.7 Å². The monoisotopic (exact) mass is 214 g/mol. The maximum absolute atomic E-state index is 2.12. The average molecular weight is 214 g/mol. The minimum absolute atomic E-state index is 0. The van der Waals surface area contributed by atoms with Gasteiger partial charge in [-0.25, -0.2) is 0 Å². The van der Waals surface area contributed by atoms with Crippen molar-refractivity contribution in [3.05, 3.63) is 44.8 Å². The molecular weight excluding hydrogens is 200 g/mol. The van der Waals surface area contributed by atoms with Crippen LogP contribution in [0.4, 0.5) is 0 Å². The highest BCUT2D eigenvalue weighted by Crippen LogP contribution is 2.02. The highest BCUT2D eigenvalue weighted by molar-refractivity contribution is 7.08. The van der Waals surface area contributed by atoms with Crippen molar-refractivity contribution in [3.63, 3.8) is 0 Å². The average Bonchev–Trinajstić information content (AvgIpc) is 2.63. The fraction of sp³-hybridized carbons (Fsp3) is 0.200. The summed E-state index contributed by atoms with van der Waals surface area (Å²) in [4.78, 5) is 0. The van der Waals surface area contributed by atoms with Crippen LogP contribution < -0.4 is 0 Å². The molecule has 0 aromatic carbocycles. The van der Waals surface area contributed by atoms with E-state index in [4.69, 9.17) is 0 Å². The molecule has 0 saturated heterocycles. The lowest BCUT2D eigenvalue weighted by atomic mass is 10.4. The van der Waals surface area contributed by atoms with Gasteiger partial charge in [-0.05, 0) is 58.6 Å². The van der Waals surface area contributed by atoms with Gasteiger partial charge in [0.1, 0.15) is 0 Å². The quantitative estimate of drug-likeness (QED) is 0.644. The number of thiophene rings is 2. The number of rotatable bonds is 0. The first-order valence-electron chi connectivity index (χ1n) is 3.76. The van der Waals surface area contributed by atoms with Crippen LogP contribution in [-0.2, 0) is 0 Å². The molecule has 0 atom stereocenters. The van der Waals surface area contributed by atoms with E-state index in [2.05, 4.69) is 47.5 Å². The summed E-state index contributed by atoms with van der Waals surface area (Å²) in [5.74, 6) is 0. The Morgan fingerprint density at radius 3 is 1.31 bits per heavy atom. The van der Waals surface area contributed by atoms with Gasteiger partial charge in [0.25, 0.3) is 0 Å². The SMILES string of the molecule is Cc1ccsc1.Cc1ccsc1.O. The van der Waals surface area contributed by atoms with Crippen molar-refractivity contribution in [2.24, 2.45) is 0 Å². The van der Waals surface area contributed by atoms with Crippen LogP contribution in [0, 0.1) is 13.8 Å². The third-order valence-electron chi connectivity index (χ3n) is 1.33. The largest absolute Gasteiger partial charge is 0.412 e. The van der Waals surface area contributed by atoms with E-state index in [1.165, 1.54) is 11.1 Å². The summed E-state index contributed by atoms with van der Waals surface area (Å²) in [5.41, 5.74) is 2.72. The van der Waals surface area contributed by atoms with E-state index in [0.717, 1.165) is 0 Å². The Bertz CT molecular complexity index is 252. The molecule has 3 heteroatoms. The lowest BCUT2D eigenvalue weighted by Gasteiger charge is -1.65. The molecule has 2 aromatic heterocycles. The highest BCUT2D eigenvalue weighted by Gasteiger charge is 1.75. The topological polar surface area (TPSA) is 31.5 Å². The van der Waals surface area contributed by atoms with Gasteiger partial charge in [-0.3, -0.25) is 0 Å². The summed E-state index contributed by atoms with van der Waals surface area (Å²) in [7, 11) is 0. The summed E-state index contributed by atoms with van der Waals surface area (Å²) >= 11 is 3.48. The molecule has 2 heterocycles. The Balaban J connectivity index is 0.000000206. The van der Waals surface area contributed by atoms with Crippen LogP contribution in [0.5, 0.6) is 0 Å². The molecule has 2 N–H and O–H groups in total. The first-order valence-corrected chi connectivity index (χ1v) is 5.65. The summed E-state index contributed by atoms with van der Waals surface area (Å²) in [5, 5.41) is 8.41. The third-order valence-corrected chi connectivity index (χ3v) is 2.93. The van der Waals surface area contributed by atoms with E-state index in [1.807, 2.05) is 0 Å². The molecule has 0 bridgehead atoms. The maximum atomic E-state index is 2.12. The predicted molar refractivity (Wildman–Crippen MR) is 61.7 cm³/mol. The molecule has 13 heavy (non-hydrogen) atoms. The standard InChI is InChI=1S/2C5H6S.H2O/c2*1-5-2-3-6-4-5;/h2*2-4H,1H3;1H2. The Hall–Kier alpha value is -0.640. The van der Waals surface area contributed by atoms with E-state index in [9.17, 15) is 0 Å². The van der Waals surface area contributed by atoms with Crippen molar-refractivity contribution in [1.82, 2.24) is 0 Å². The van der Waals surface area contributed by atoms with Crippen LogP contribution in [0.2, 0.25) is 0 Å². The zero-order chi connectivity index (χ0) is 8.81. The number of hydrogen-bond acceptors (Lipinski definition) is 2. The zero-order valence-electron chi connectivity index (χ0n) is 7.78. The molecule has 0 aliphatic rings. The van der Waals surface area contributed by atoms with Gasteiger partial charge in [0.05, 0.1) is 0 Å². The maximum Gasteiger partial charge on any atom is -0.00641 e. The second-order valence-corrected chi connectivity index (χ2v) is 4.16. The molecule has 0 unspecified atom stereocenters. The van der Waals surface area contributed by atoms with Gasteiger partial charge in [0.15, 0.2) is 0 Å². The Morgan fingerprint density at radius 2 is 1.23 bits per heavy atom. The predicted octanol–water partition coefficient (Wildman–Crippen LogP) is 3.29. The summed E-state index contributed by atoms with van der Waals surface area (Å²) in [6, 6.07) is 4.20. The third kappa shape index (κ3) is 5.58. The van der Waals surface area contributed by atoms with Gasteiger partial charge < -0.3 is 5.48 Å². The smallest absolute Gasteiger partial charge is 0.00641 e. The van der Waals surface area contributed by atoms with Crippen LogP contribution in [0.15, 0.2) is 33.7 Å². The molecular formula is C10H14OS2. The van der Waals surface area contributed by atoms with E-state index in [1.54, 1.807) is 22.7 Å². The van der Waals surface area contributed by atoms with Gasteiger partial charge in [-0.2, -0.15) is 22.7 Å². The van der Waals surface area contributed by atoms with Crippen molar-refractivity contribution in [1.29, 1.82) is 0 Å². The van der Waals surface area contributed by atoms with Gasteiger partial charge in [-0.1, -0.05) is 0 Å². The molecule has 0 aliphatic carbocycles. The minimum Gasteiger partial charge on any atom is -0.412 e. The van der Waals surface area contributed by atoms with Crippen LogP contribution in [-0.4, -0.2) is 5.48 Å². The fourth-order valence-electron chi connectivity index (χ4n) is 0.665. The molecule has 0 amide bonds. The summed E-state index contributed by atoms with van der Waals surface area (Å²) < 4.78 is 0. The lowest BCUT2D eigenvalue weighted by molar-refractivity contribution is 0.824. The Kier molecular flexibility index (Phi) is 6.49. The summed E-state index contributed by atoms with van der Waals surface area (Å²) in [6.07, 6.45) is 0. The molecule has 2 aromatic rings. The molecule has 0 radical (unpaired) electrons. The number of aryl methyl sites for hydroxylation is 2. The first-order chi connectivity index (χ1) is 5.79. The zero-order valence-corrected chi connectivity index (χ0v) is 9.41. The van der Waals surface area contributed by atoms with Crippen LogP contribution in [0.1, 0.15) is 11.1 Å². The van der Waals surface area contributed by atoms with Gasteiger partial charge in [-0.15, -0.1) is 0 Å². The molecule has 0 spiro atoms. The van der Waals surface area contributed by atoms with E-state index >= 15 is 0 Å². The van der Waals surface area contributed by atoms with Crippen molar-refractivity contribution < 1.29 is 5.48 Å². The van der Waals surface area contributed by atoms with Gasteiger partial charge in [0.2, 0.25) is 0 Å². The molecule has 0 saturated carbocycles. The van der Waals surface area contributed by atoms with Crippen molar-refractivity contribution in [2.75, 3.05) is 0 Å². The van der Waals surface area contributed by atoms with Crippen LogP contribution >= 0.6 is 22.7 Å². The minimum atomic E-state index is 0. The molecule has 0 aliphatic heterocycles. The molecule has 0 fully saturated rings. The lowest BCUT2D eigenvalue weighted by Crippen LogP contribution is -1.47. The number of hydrogen-bond donors (Lipinski definition) is 0. The molecule has 1 nitrogen and oxygen atoms in total. The van der Waals surface area contributed by atoms with Crippen LogP contribution in [0.25, 0.3) is 0 Å². The van der Waals surface area contributed by atoms with E-state index in [-0.39, 0.29) is 5.48 Å². The molecule has 72 valence electrons. The highest BCUT2D eigenvalue weighted by atomic mass is 32.1. The summed E-state index contributed by atoms with van der Waals surface area (Å²) in [6.45, 7) is 4.19. The van der Waals surface area contributed by atoms with Crippen molar-refractivity contribution in [2.45, 2.75) is 13.8 Å². The van der Waals surface area contributed by atoms with Crippen molar-refractivity contribution in [3.8, 4) is 0 Å².